The minimum Gasteiger partial charge on any atom is -0.481 e. The second kappa shape index (κ2) is 16.0. The molecule has 0 radical (unpaired) electrons. The van der Waals surface area contributed by atoms with Crippen LogP contribution < -0.4 is 0 Å². The minimum atomic E-state index is -0.700. The maximum Gasteiger partial charge on any atom is 0.303 e. The normalized spacial score (nSPS) is 13.5. The van der Waals surface area contributed by atoms with Crippen LogP contribution in [0, 0.1) is 0 Å². The largest absolute Gasteiger partial charge is 0.481 e. The molecule has 126 valence electrons. The van der Waals surface area contributed by atoms with E-state index in [0.717, 1.165) is 44.9 Å². The first-order valence-corrected chi connectivity index (χ1v) is 8.43. The van der Waals surface area contributed by atoms with Crippen molar-refractivity contribution in [2.45, 2.75) is 70.8 Å². The van der Waals surface area contributed by atoms with Crippen LogP contribution in [0.25, 0.3) is 0 Å². The van der Waals surface area contributed by atoms with Crippen LogP contribution in [0.1, 0.15) is 64.7 Å². The minimum absolute atomic E-state index is 0.153. The van der Waals surface area contributed by atoms with Crippen molar-refractivity contribution in [1.29, 1.82) is 0 Å². The molecule has 0 heterocycles. The Hall–Kier alpha value is -1.35. The average molecular weight is 308 g/mol. The van der Waals surface area contributed by atoms with E-state index in [4.69, 9.17) is 9.84 Å². The molecule has 0 aromatic rings. The maximum absolute atomic E-state index is 10.4. The molecule has 0 aromatic heterocycles. The van der Waals surface area contributed by atoms with Crippen molar-refractivity contribution in [3.63, 3.8) is 0 Å². The van der Waals surface area contributed by atoms with Gasteiger partial charge < -0.3 is 9.84 Å². The van der Waals surface area contributed by atoms with Gasteiger partial charge in [0, 0.05) is 13.5 Å². The molecular formula is C19H32O3. The van der Waals surface area contributed by atoms with Gasteiger partial charge in [-0.25, -0.2) is 0 Å². The van der Waals surface area contributed by atoms with E-state index in [9.17, 15) is 4.79 Å². The van der Waals surface area contributed by atoms with Crippen LogP contribution in [0.4, 0.5) is 0 Å². The first-order valence-electron chi connectivity index (χ1n) is 8.43. The van der Waals surface area contributed by atoms with Gasteiger partial charge in [0.15, 0.2) is 0 Å². The molecule has 1 atom stereocenters. The van der Waals surface area contributed by atoms with Crippen LogP contribution >= 0.6 is 0 Å². The van der Waals surface area contributed by atoms with E-state index in [1.165, 1.54) is 6.42 Å². The van der Waals surface area contributed by atoms with E-state index in [0.29, 0.717) is 0 Å². The summed E-state index contributed by atoms with van der Waals surface area (Å²) in [6.07, 6.45) is 21.4. The topological polar surface area (TPSA) is 46.5 Å². The lowest BCUT2D eigenvalue weighted by molar-refractivity contribution is -0.137. The summed E-state index contributed by atoms with van der Waals surface area (Å²) < 4.78 is 5.43. The van der Waals surface area contributed by atoms with Crippen LogP contribution in [0.2, 0.25) is 0 Å². The van der Waals surface area contributed by atoms with Crippen molar-refractivity contribution in [3.8, 4) is 0 Å². The predicted molar refractivity (Wildman–Crippen MR) is 93.1 cm³/mol. The number of hydrogen-bond donors (Lipinski definition) is 1. The van der Waals surface area contributed by atoms with Crippen molar-refractivity contribution < 1.29 is 14.6 Å². The quantitative estimate of drug-likeness (QED) is 0.269. The molecule has 0 aromatic carbocycles. The van der Waals surface area contributed by atoms with E-state index >= 15 is 0 Å². The van der Waals surface area contributed by atoms with E-state index in [1.807, 2.05) is 6.08 Å². The summed E-state index contributed by atoms with van der Waals surface area (Å²) >= 11 is 0. The lowest BCUT2D eigenvalue weighted by Crippen LogP contribution is -2.06. The molecule has 0 saturated heterocycles. The third kappa shape index (κ3) is 15.0. The standard InChI is InChI=1S/C19H32O3/c1-3-4-5-6-7-8-9-12-15-18(22-2)16-13-10-11-14-17-19(20)21/h5-6,8-9,12,15,18H,3-4,7,10-11,13-14,16-17H2,1-2H3,(H,20,21). The molecule has 3 nitrogen and oxygen atoms in total. The summed E-state index contributed by atoms with van der Waals surface area (Å²) in [4.78, 5) is 10.4. The Morgan fingerprint density at radius 3 is 2.55 bits per heavy atom. The molecule has 22 heavy (non-hydrogen) atoms. The SMILES string of the molecule is CCCC=CCC=CC=CC(CCCCCCC(=O)O)OC. The molecular weight excluding hydrogens is 276 g/mol. The number of allylic oxidation sites excluding steroid dienone is 5. The Bertz CT molecular complexity index is 343. The zero-order valence-electron chi connectivity index (χ0n) is 14.2. The fraction of sp³-hybridized carbons (Fsp3) is 0.632. The fourth-order valence-corrected chi connectivity index (χ4v) is 2.07. The zero-order valence-corrected chi connectivity index (χ0v) is 14.2. The maximum atomic E-state index is 10.4. The Labute approximate surface area is 135 Å². The van der Waals surface area contributed by atoms with E-state index in [1.54, 1.807) is 7.11 Å². The molecule has 0 aliphatic heterocycles. The smallest absolute Gasteiger partial charge is 0.303 e. The van der Waals surface area contributed by atoms with Gasteiger partial charge in [-0.05, 0) is 25.7 Å². The van der Waals surface area contributed by atoms with E-state index in [-0.39, 0.29) is 12.5 Å². The van der Waals surface area contributed by atoms with Gasteiger partial charge >= 0.3 is 5.97 Å². The average Bonchev–Trinajstić information content (AvgIpc) is 2.50. The van der Waals surface area contributed by atoms with Crippen LogP contribution in [-0.4, -0.2) is 24.3 Å². The van der Waals surface area contributed by atoms with Crippen molar-refractivity contribution in [1.82, 2.24) is 0 Å². The van der Waals surface area contributed by atoms with Crippen LogP contribution in [-0.2, 0) is 9.53 Å². The monoisotopic (exact) mass is 308 g/mol. The van der Waals surface area contributed by atoms with Crippen molar-refractivity contribution in [2.75, 3.05) is 7.11 Å². The number of rotatable bonds is 14. The first-order chi connectivity index (χ1) is 10.7. The molecule has 0 fully saturated rings. The Morgan fingerprint density at radius 2 is 1.86 bits per heavy atom. The van der Waals surface area contributed by atoms with E-state index < -0.39 is 5.97 Å². The Morgan fingerprint density at radius 1 is 1.09 bits per heavy atom. The number of unbranched alkanes of at least 4 members (excludes halogenated alkanes) is 4. The van der Waals surface area contributed by atoms with Gasteiger partial charge in [-0.1, -0.05) is 69.1 Å². The highest BCUT2D eigenvalue weighted by Gasteiger charge is 2.02. The molecule has 1 N–H and O–H groups in total. The summed E-state index contributed by atoms with van der Waals surface area (Å²) in [5.74, 6) is -0.700. The molecule has 0 aliphatic rings. The second-order valence-electron chi connectivity index (χ2n) is 5.43. The summed E-state index contributed by atoms with van der Waals surface area (Å²) in [5.41, 5.74) is 0. The first kappa shape index (κ1) is 20.6. The highest BCUT2D eigenvalue weighted by Crippen LogP contribution is 2.10. The van der Waals surface area contributed by atoms with Crippen LogP contribution in [0.5, 0.6) is 0 Å². The molecule has 0 bridgehead atoms. The summed E-state index contributed by atoms with van der Waals surface area (Å²) in [5, 5.41) is 8.56. The third-order valence-corrected chi connectivity index (χ3v) is 3.40. The van der Waals surface area contributed by atoms with Crippen molar-refractivity contribution in [3.05, 3.63) is 36.5 Å². The lowest BCUT2D eigenvalue weighted by Gasteiger charge is -2.09. The number of methoxy groups -OCH3 is 1. The van der Waals surface area contributed by atoms with Gasteiger partial charge in [-0.2, -0.15) is 0 Å². The summed E-state index contributed by atoms with van der Waals surface area (Å²) in [6, 6.07) is 0. The number of hydrogen-bond acceptors (Lipinski definition) is 2. The van der Waals surface area contributed by atoms with Crippen LogP contribution in [0.15, 0.2) is 36.5 Å². The summed E-state index contributed by atoms with van der Waals surface area (Å²) in [6.45, 7) is 2.18. The molecule has 0 amide bonds. The molecule has 0 spiro atoms. The second-order valence-corrected chi connectivity index (χ2v) is 5.43. The summed E-state index contributed by atoms with van der Waals surface area (Å²) in [7, 11) is 1.73. The van der Waals surface area contributed by atoms with Gasteiger partial charge in [-0.3, -0.25) is 4.79 Å². The third-order valence-electron chi connectivity index (χ3n) is 3.40. The molecule has 3 heteroatoms. The van der Waals surface area contributed by atoms with Gasteiger partial charge in [0.2, 0.25) is 0 Å². The highest BCUT2D eigenvalue weighted by atomic mass is 16.5. The molecule has 0 aliphatic carbocycles. The van der Waals surface area contributed by atoms with Crippen LogP contribution in [0.3, 0.4) is 0 Å². The predicted octanol–water partition coefficient (Wildman–Crippen LogP) is 5.29. The fourth-order valence-electron chi connectivity index (χ4n) is 2.07. The van der Waals surface area contributed by atoms with Gasteiger partial charge in [-0.15, -0.1) is 0 Å². The number of carboxylic acid groups (broad SMARTS) is 1. The highest BCUT2D eigenvalue weighted by molar-refractivity contribution is 5.66. The number of aliphatic carboxylic acids is 1. The molecule has 0 rings (SSSR count). The Kier molecular flexibility index (Phi) is 15.0. The van der Waals surface area contributed by atoms with Crippen molar-refractivity contribution >= 4 is 5.97 Å². The number of carboxylic acids is 1. The zero-order chi connectivity index (χ0) is 16.5. The molecule has 1 unspecified atom stereocenters. The van der Waals surface area contributed by atoms with Gasteiger partial charge in [0.05, 0.1) is 6.10 Å². The lowest BCUT2D eigenvalue weighted by atomic mass is 10.1. The van der Waals surface area contributed by atoms with E-state index in [2.05, 4.69) is 37.3 Å². The number of carbonyl (C=O) groups is 1. The molecule has 0 saturated carbocycles. The van der Waals surface area contributed by atoms with Gasteiger partial charge in [0.1, 0.15) is 0 Å². The number of ether oxygens (including phenoxy) is 1. The Balaban J connectivity index is 3.70. The van der Waals surface area contributed by atoms with Crippen molar-refractivity contribution in [2.24, 2.45) is 0 Å². The van der Waals surface area contributed by atoms with Gasteiger partial charge in [0.25, 0.3) is 0 Å².